The van der Waals surface area contributed by atoms with Crippen LogP contribution in [-0.2, 0) is 6.54 Å². The number of nitrogens with zero attached hydrogens (tertiary/aromatic N) is 1. The van der Waals surface area contributed by atoms with Gasteiger partial charge in [-0.3, -0.25) is 4.79 Å². The molecule has 3 nitrogen and oxygen atoms in total. The van der Waals surface area contributed by atoms with Crippen LogP contribution in [0.1, 0.15) is 0 Å². The highest BCUT2D eigenvalue weighted by Gasteiger charge is 2.41. The number of aromatic nitrogens is 1. The summed E-state index contributed by atoms with van der Waals surface area (Å²) in [5.41, 5.74) is 4.77. The summed E-state index contributed by atoms with van der Waals surface area (Å²) < 4.78 is 38.7. The molecule has 0 saturated heterocycles. The standard InChI is InChI=1S/C9H9F3N2OS/c10-9(11,12)7(8(13)16)5-14-3-1-6(15)2-4-14/h1-4,7H,5H2,(H2,13,16). The predicted molar refractivity (Wildman–Crippen MR) is 57.0 cm³/mol. The molecule has 0 aliphatic rings. The molecule has 0 aliphatic heterocycles. The van der Waals surface area contributed by atoms with Crippen LogP contribution in [0.2, 0.25) is 0 Å². The second-order valence-corrected chi connectivity index (χ2v) is 3.70. The second kappa shape index (κ2) is 4.65. The van der Waals surface area contributed by atoms with Crippen molar-refractivity contribution < 1.29 is 13.2 Å². The maximum absolute atomic E-state index is 12.5. The van der Waals surface area contributed by atoms with Crippen molar-refractivity contribution in [3.63, 3.8) is 0 Å². The SMILES string of the molecule is NC(=S)C(Cn1ccc(=O)cc1)C(F)(F)F. The first kappa shape index (κ1) is 12.7. The predicted octanol–water partition coefficient (Wildman–Crippen LogP) is 1.31. The molecule has 0 amide bonds. The maximum Gasteiger partial charge on any atom is 0.399 e. The van der Waals surface area contributed by atoms with E-state index in [0.29, 0.717) is 0 Å². The Balaban J connectivity index is 2.88. The number of alkyl halides is 3. The van der Waals surface area contributed by atoms with Crippen LogP contribution in [0.25, 0.3) is 0 Å². The van der Waals surface area contributed by atoms with Crippen LogP contribution >= 0.6 is 12.2 Å². The highest BCUT2D eigenvalue weighted by molar-refractivity contribution is 7.80. The molecule has 0 spiro atoms. The number of thiocarbonyl (C=S) groups is 1. The molecular formula is C9H9F3N2OS. The first-order valence-electron chi connectivity index (χ1n) is 4.33. The molecule has 1 unspecified atom stereocenters. The molecule has 0 aliphatic carbocycles. The third-order valence-corrected chi connectivity index (χ3v) is 2.28. The van der Waals surface area contributed by atoms with Crippen LogP contribution in [0, 0.1) is 5.92 Å². The summed E-state index contributed by atoms with van der Waals surface area (Å²) >= 11 is 4.37. The van der Waals surface area contributed by atoms with E-state index in [2.05, 4.69) is 12.2 Å². The molecule has 2 N–H and O–H groups in total. The molecule has 1 rings (SSSR count). The van der Waals surface area contributed by atoms with Gasteiger partial charge in [-0.2, -0.15) is 13.2 Å². The van der Waals surface area contributed by atoms with Crippen molar-refractivity contribution in [1.82, 2.24) is 4.57 Å². The van der Waals surface area contributed by atoms with Crippen molar-refractivity contribution in [2.75, 3.05) is 0 Å². The van der Waals surface area contributed by atoms with Crippen molar-refractivity contribution in [1.29, 1.82) is 0 Å². The minimum absolute atomic E-state index is 0.268. The number of halogens is 3. The fraction of sp³-hybridized carbons (Fsp3) is 0.333. The minimum Gasteiger partial charge on any atom is -0.393 e. The zero-order valence-electron chi connectivity index (χ0n) is 8.07. The summed E-state index contributed by atoms with van der Waals surface area (Å²) in [7, 11) is 0. The lowest BCUT2D eigenvalue weighted by Crippen LogP contribution is -2.37. The van der Waals surface area contributed by atoms with Gasteiger partial charge in [-0.15, -0.1) is 0 Å². The van der Waals surface area contributed by atoms with Gasteiger partial charge in [0.1, 0.15) is 5.92 Å². The van der Waals surface area contributed by atoms with Gasteiger partial charge in [-0.05, 0) is 0 Å². The Hall–Kier alpha value is -1.37. The lowest BCUT2D eigenvalue weighted by molar-refractivity contribution is -0.158. The normalized spacial score (nSPS) is 13.4. The van der Waals surface area contributed by atoms with Crippen LogP contribution in [0.5, 0.6) is 0 Å². The molecule has 0 radical (unpaired) electrons. The van der Waals surface area contributed by atoms with E-state index >= 15 is 0 Å². The summed E-state index contributed by atoms with van der Waals surface area (Å²) in [5.74, 6) is -1.88. The van der Waals surface area contributed by atoms with E-state index in [1.54, 1.807) is 0 Å². The van der Waals surface area contributed by atoms with Crippen molar-refractivity contribution in [2.24, 2.45) is 11.7 Å². The molecule has 0 bridgehead atoms. The van der Waals surface area contributed by atoms with Crippen molar-refractivity contribution in [3.05, 3.63) is 34.7 Å². The minimum atomic E-state index is -4.48. The zero-order valence-corrected chi connectivity index (χ0v) is 8.89. The Kier molecular flexibility index (Phi) is 3.69. The van der Waals surface area contributed by atoms with Crippen LogP contribution in [0.15, 0.2) is 29.3 Å². The zero-order chi connectivity index (χ0) is 12.3. The molecule has 0 fully saturated rings. The molecule has 88 valence electrons. The molecule has 1 atom stereocenters. The van der Waals surface area contributed by atoms with Crippen molar-refractivity contribution in [3.8, 4) is 0 Å². The third-order valence-electron chi connectivity index (χ3n) is 1.99. The maximum atomic E-state index is 12.5. The Labute approximate surface area is 94.7 Å². The van der Waals surface area contributed by atoms with E-state index in [-0.39, 0.29) is 5.43 Å². The van der Waals surface area contributed by atoms with E-state index in [1.165, 1.54) is 29.1 Å². The molecule has 0 saturated carbocycles. The van der Waals surface area contributed by atoms with Crippen LogP contribution < -0.4 is 11.2 Å². The summed E-state index contributed by atoms with van der Waals surface area (Å²) in [6.45, 7) is -0.418. The summed E-state index contributed by atoms with van der Waals surface area (Å²) in [6, 6.07) is 2.35. The van der Waals surface area contributed by atoms with Crippen LogP contribution in [0.3, 0.4) is 0 Å². The summed E-state index contributed by atoms with van der Waals surface area (Å²) in [4.78, 5) is 10.1. The monoisotopic (exact) mass is 250 g/mol. The summed E-state index contributed by atoms with van der Waals surface area (Å²) in [5, 5.41) is 0. The van der Waals surface area contributed by atoms with E-state index in [9.17, 15) is 18.0 Å². The largest absolute Gasteiger partial charge is 0.399 e. The smallest absolute Gasteiger partial charge is 0.393 e. The van der Waals surface area contributed by atoms with Crippen LogP contribution in [0.4, 0.5) is 13.2 Å². The molecule has 7 heteroatoms. The number of pyridine rings is 1. The molecule has 16 heavy (non-hydrogen) atoms. The Bertz CT molecular complexity index is 421. The molecule has 0 aromatic carbocycles. The van der Waals surface area contributed by atoms with E-state index < -0.39 is 23.6 Å². The number of rotatable bonds is 3. The number of hydrogen-bond acceptors (Lipinski definition) is 2. The first-order valence-corrected chi connectivity index (χ1v) is 4.73. The van der Waals surface area contributed by atoms with Gasteiger partial charge >= 0.3 is 6.18 Å². The molecular weight excluding hydrogens is 241 g/mol. The Morgan fingerprint density at radius 3 is 2.31 bits per heavy atom. The lowest BCUT2D eigenvalue weighted by atomic mass is 10.1. The second-order valence-electron chi connectivity index (χ2n) is 3.23. The number of hydrogen-bond donors (Lipinski definition) is 1. The van der Waals surface area contributed by atoms with Gasteiger partial charge in [0, 0.05) is 31.1 Å². The molecule has 1 heterocycles. The van der Waals surface area contributed by atoms with Crippen molar-refractivity contribution >= 4 is 17.2 Å². The molecule has 1 aromatic rings. The van der Waals surface area contributed by atoms with E-state index in [1.807, 2.05) is 0 Å². The highest BCUT2D eigenvalue weighted by atomic mass is 32.1. The van der Waals surface area contributed by atoms with E-state index in [0.717, 1.165) is 0 Å². The average molecular weight is 250 g/mol. The Morgan fingerprint density at radius 2 is 1.94 bits per heavy atom. The van der Waals surface area contributed by atoms with Gasteiger partial charge < -0.3 is 10.3 Å². The first-order chi connectivity index (χ1) is 7.30. The van der Waals surface area contributed by atoms with Gasteiger partial charge in [0.25, 0.3) is 0 Å². The number of nitrogens with two attached hydrogens (primary N) is 1. The third kappa shape index (κ3) is 3.34. The van der Waals surface area contributed by atoms with Crippen LogP contribution in [-0.4, -0.2) is 15.7 Å². The molecule has 1 aromatic heterocycles. The average Bonchev–Trinajstić information content (AvgIpc) is 2.14. The lowest BCUT2D eigenvalue weighted by Gasteiger charge is -2.20. The highest BCUT2D eigenvalue weighted by Crippen LogP contribution is 2.27. The van der Waals surface area contributed by atoms with Crippen molar-refractivity contribution in [2.45, 2.75) is 12.7 Å². The van der Waals surface area contributed by atoms with Gasteiger partial charge in [-0.25, -0.2) is 0 Å². The van der Waals surface area contributed by atoms with E-state index in [4.69, 9.17) is 5.73 Å². The fourth-order valence-corrected chi connectivity index (χ4v) is 1.34. The quantitative estimate of drug-likeness (QED) is 0.823. The summed E-state index contributed by atoms with van der Waals surface area (Å²) in [6.07, 6.45) is -1.95. The fourth-order valence-electron chi connectivity index (χ4n) is 1.13. The van der Waals surface area contributed by atoms with Gasteiger partial charge in [0.05, 0.1) is 4.99 Å². The van der Waals surface area contributed by atoms with Gasteiger partial charge in [0.15, 0.2) is 5.43 Å². The topological polar surface area (TPSA) is 48.0 Å². The Morgan fingerprint density at radius 1 is 1.44 bits per heavy atom. The van der Waals surface area contributed by atoms with Gasteiger partial charge in [-0.1, -0.05) is 12.2 Å². The van der Waals surface area contributed by atoms with Gasteiger partial charge in [0.2, 0.25) is 0 Å².